The molecule has 1 aromatic heterocycles. The Labute approximate surface area is 73.4 Å². The number of carboxylic acid groups (broad SMARTS) is 1. The Balaban J connectivity index is 2.79. The molecule has 0 spiro atoms. The van der Waals surface area contributed by atoms with Crippen molar-refractivity contribution in [1.82, 2.24) is 9.78 Å². The van der Waals surface area contributed by atoms with E-state index in [0.29, 0.717) is 11.2 Å². The third-order valence-corrected chi connectivity index (χ3v) is 1.78. The number of nitrogens with zero attached hydrogens (tertiary/aromatic N) is 2. The fraction of sp³-hybridized carbons (Fsp3) is 0. The standard InChI is InChI=1S/C8H7N3O2/c9-6-2-1-5-4-10-11(8(12)13)7(5)3-6/h1-4H,9H2,(H,12,13). The van der Waals surface area contributed by atoms with Crippen LogP contribution in [0.5, 0.6) is 0 Å². The first-order chi connectivity index (χ1) is 6.18. The van der Waals surface area contributed by atoms with Crippen LogP contribution in [0.4, 0.5) is 10.5 Å². The lowest BCUT2D eigenvalue weighted by Gasteiger charge is -1.96. The molecule has 0 aliphatic heterocycles. The molecule has 2 rings (SSSR count). The minimum atomic E-state index is -1.11. The van der Waals surface area contributed by atoms with Gasteiger partial charge in [0, 0.05) is 11.1 Å². The minimum absolute atomic E-state index is 0.507. The predicted molar refractivity (Wildman–Crippen MR) is 47.6 cm³/mol. The van der Waals surface area contributed by atoms with Gasteiger partial charge in [-0.1, -0.05) is 0 Å². The summed E-state index contributed by atoms with van der Waals surface area (Å²) in [5.74, 6) is 0. The first-order valence-corrected chi connectivity index (χ1v) is 3.65. The molecule has 0 amide bonds. The Hall–Kier alpha value is -2.04. The summed E-state index contributed by atoms with van der Waals surface area (Å²) >= 11 is 0. The van der Waals surface area contributed by atoms with E-state index < -0.39 is 6.09 Å². The van der Waals surface area contributed by atoms with Crippen molar-refractivity contribution in [3.8, 4) is 0 Å². The van der Waals surface area contributed by atoms with Crippen LogP contribution >= 0.6 is 0 Å². The maximum Gasteiger partial charge on any atom is 0.432 e. The number of benzene rings is 1. The fourth-order valence-corrected chi connectivity index (χ4v) is 1.19. The van der Waals surface area contributed by atoms with E-state index in [1.807, 2.05) is 0 Å². The smallest absolute Gasteiger partial charge is 0.432 e. The van der Waals surface area contributed by atoms with E-state index in [4.69, 9.17) is 10.8 Å². The molecule has 0 aliphatic carbocycles. The van der Waals surface area contributed by atoms with E-state index in [1.165, 1.54) is 6.20 Å². The molecule has 0 saturated carbocycles. The van der Waals surface area contributed by atoms with E-state index >= 15 is 0 Å². The average Bonchev–Trinajstić information content (AvgIpc) is 2.46. The van der Waals surface area contributed by atoms with E-state index in [1.54, 1.807) is 18.2 Å². The Morgan fingerprint density at radius 2 is 2.31 bits per heavy atom. The Bertz CT molecular complexity index is 475. The zero-order valence-corrected chi connectivity index (χ0v) is 6.64. The average molecular weight is 177 g/mol. The van der Waals surface area contributed by atoms with Crippen LogP contribution in [0.1, 0.15) is 0 Å². The van der Waals surface area contributed by atoms with Crippen molar-refractivity contribution in [3.05, 3.63) is 24.4 Å². The second kappa shape index (κ2) is 2.48. The van der Waals surface area contributed by atoms with Gasteiger partial charge in [-0.25, -0.2) is 4.79 Å². The molecule has 2 aromatic rings. The zero-order valence-electron chi connectivity index (χ0n) is 6.64. The van der Waals surface area contributed by atoms with E-state index in [2.05, 4.69) is 5.10 Å². The second-order valence-electron chi connectivity index (χ2n) is 2.66. The molecule has 1 aromatic carbocycles. The summed E-state index contributed by atoms with van der Waals surface area (Å²) in [5, 5.41) is 13.2. The van der Waals surface area contributed by atoms with Gasteiger partial charge < -0.3 is 10.8 Å². The Kier molecular flexibility index (Phi) is 1.45. The molecular formula is C8H7N3O2. The van der Waals surface area contributed by atoms with E-state index in [-0.39, 0.29) is 0 Å². The van der Waals surface area contributed by atoms with Crippen molar-refractivity contribution in [3.63, 3.8) is 0 Å². The number of carbonyl (C=O) groups is 1. The normalized spacial score (nSPS) is 10.5. The summed E-state index contributed by atoms with van der Waals surface area (Å²) in [4.78, 5) is 10.6. The van der Waals surface area contributed by atoms with Crippen molar-refractivity contribution in [2.75, 3.05) is 5.73 Å². The van der Waals surface area contributed by atoms with Gasteiger partial charge in [-0.2, -0.15) is 9.78 Å². The van der Waals surface area contributed by atoms with Gasteiger partial charge in [0.2, 0.25) is 0 Å². The van der Waals surface area contributed by atoms with Crippen molar-refractivity contribution in [1.29, 1.82) is 0 Å². The van der Waals surface area contributed by atoms with Crippen molar-refractivity contribution >= 4 is 22.7 Å². The molecule has 0 saturated heterocycles. The number of fused-ring (bicyclic) bond motifs is 1. The van der Waals surface area contributed by atoms with Gasteiger partial charge in [0.1, 0.15) is 0 Å². The molecule has 13 heavy (non-hydrogen) atoms. The molecule has 0 aliphatic rings. The third kappa shape index (κ3) is 1.10. The molecule has 5 nitrogen and oxygen atoms in total. The lowest BCUT2D eigenvalue weighted by atomic mass is 10.2. The van der Waals surface area contributed by atoms with Crippen LogP contribution in [-0.2, 0) is 0 Å². The number of rotatable bonds is 0. The summed E-state index contributed by atoms with van der Waals surface area (Å²) in [6.07, 6.45) is 0.378. The Morgan fingerprint density at radius 3 is 3.00 bits per heavy atom. The van der Waals surface area contributed by atoms with Gasteiger partial charge in [-0.05, 0) is 18.2 Å². The quantitative estimate of drug-likeness (QED) is 0.591. The molecule has 1 heterocycles. The lowest BCUT2D eigenvalue weighted by Crippen LogP contribution is -2.08. The van der Waals surface area contributed by atoms with Gasteiger partial charge in [0.15, 0.2) is 0 Å². The van der Waals surface area contributed by atoms with Gasteiger partial charge in [0.25, 0.3) is 0 Å². The number of anilines is 1. The number of hydrogen-bond acceptors (Lipinski definition) is 3. The summed E-state index contributed by atoms with van der Waals surface area (Å²) in [6, 6.07) is 5.02. The van der Waals surface area contributed by atoms with Crippen LogP contribution in [0.15, 0.2) is 24.4 Å². The van der Waals surface area contributed by atoms with Crippen molar-refractivity contribution < 1.29 is 9.90 Å². The van der Waals surface area contributed by atoms with Crippen molar-refractivity contribution in [2.45, 2.75) is 0 Å². The summed E-state index contributed by atoms with van der Waals surface area (Å²) in [5.41, 5.74) is 6.55. The van der Waals surface area contributed by atoms with Crippen LogP contribution in [0.25, 0.3) is 10.9 Å². The molecule has 0 atom stereocenters. The highest BCUT2D eigenvalue weighted by Gasteiger charge is 2.07. The van der Waals surface area contributed by atoms with Crippen LogP contribution in [0.3, 0.4) is 0 Å². The highest BCUT2D eigenvalue weighted by molar-refractivity contribution is 5.88. The topological polar surface area (TPSA) is 81.1 Å². The second-order valence-corrected chi connectivity index (χ2v) is 2.66. The fourth-order valence-electron chi connectivity index (χ4n) is 1.19. The first kappa shape index (κ1) is 7.60. The van der Waals surface area contributed by atoms with Crippen LogP contribution < -0.4 is 5.73 Å². The number of aromatic nitrogens is 2. The zero-order chi connectivity index (χ0) is 9.42. The monoisotopic (exact) mass is 177 g/mol. The SMILES string of the molecule is Nc1ccc2cnn(C(=O)O)c2c1. The number of nitrogens with two attached hydrogens (primary N) is 1. The summed E-state index contributed by atoms with van der Waals surface area (Å²) in [6.45, 7) is 0. The van der Waals surface area contributed by atoms with Gasteiger partial charge in [0.05, 0.1) is 11.7 Å². The first-order valence-electron chi connectivity index (χ1n) is 3.65. The van der Waals surface area contributed by atoms with Gasteiger partial charge in [-0.3, -0.25) is 0 Å². The number of hydrogen-bond donors (Lipinski definition) is 2. The molecular weight excluding hydrogens is 170 g/mol. The van der Waals surface area contributed by atoms with Crippen LogP contribution in [0.2, 0.25) is 0 Å². The van der Waals surface area contributed by atoms with Crippen molar-refractivity contribution in [2.24, 2.45) is 0 Å². The molecule has 0 unspecified atom stereocenters. The van der Waals surface area contributed by atoms with Gasteiger partial charge in [-0.15, -0.1) is 0 Å². The molecule has 0 radical (unpaired) electrons. The molecule has 0 fully saturated rings. The van der Waals surface area contributed by atoms with E-state index in [9.17, 15) is 4.79 Å². The van der Waals surface area contributed by atoms with Gasteiger partial charge >= 0.3 is 6.09 Å². The maximum absolute atomic E-state index is 10.6. The molecule has 5 heteroatoms. The molecule has 66 valence electrons. The largest absolute Gasteiger partial charge is 0.463 e. The molecule has 0 bridgehead atoms. The third-order valence-electron chi connectivity index (χ3n) is 1.78. The highest BCUT2D eigenvalue weighted by atomic mass is 16.4. The lowest BCUT2D eigenvalue weighted by molar-refractivity contribution is 0.194. The van der Waals surface area contributed by atoms with E-state index in [0.717, 1.165) is 10.1 Å². The molecule has 3 N–H and O–H groups in total. The summed E-state index contributed by atoms with van der Waals surface area (Å²) < 4.78 is 0.895. The predicted octanol–water partition coefficient (Wildman–Crippen LogP) is 1.14. The maximum atomic E-state index is 10.6. The Morgan fingerprint density at radius 1 is 1.54 bits per heavy atom. The number of nitrogen functional groups attached to an aromatic ring is 1. The van der Waals surface area contributed by atoms with Crippen LogP contribution in [0, 0.1) is 0 Å². The highest BCUT2D eigenvalue weighted by Crippen LogP contribution is 2.16. The minimum Gasteiger partial charge on any atom is -0.463 e. The summed E-state index contributed by atoms with van der Waals surface area (Å²) in [7, 11) is 0. The van der Waals surface area contributed by atoms with Crippen LogP contribution in [-0.4, -0.2) is 21.0 Å².